The minimum atomic E-state index is -0.483. The third-order valence-corrected chi connectivity index (χ3v) is 3.85. The Morgan fingerprint density at radius 2 is 1.86 bits per heavy atom. The van der Waals surface area contributed by atoms with E-state index in [0.29, 0.717) is 18.5 Å². The van der Waals surface area contributed by atoms with Gasteiger partial charge in [-0.2, -0.15) is 0 Å². The Hall–Kier alpha value is -1.16. The summed E-state index contributed by atoms with van der Waals surface area (Å²) in [6, 6.07) is 9.29. The minimum Gasteiger partial charge on any atom is -0.310 e. The van der Waals surface area contributed by atoms with Gasteiger partial charge in [0.15, 0.2) is 0 Å². The van der Waals surface area contributed by atoms with E-state index in [9.17, 15) is 8.78 Å². The summed E-state index contributed by atoms with van der Waals surface area (Å²) in [5.74, 6) is -0.917. The van der Waals surface area contributed by atoms with E-state index in [0.717, 1.165) is 5.56 Å². The van der Waals surface area contributed by atoms with Crippen molar-refractivity contribution in [1.29, 1.82) is 0 Å². The number of hydrogen-bond acceptors (Lipinski definition) is 1. The van der Waals surface area contributed by atoms with Crippen molar-refractivity contribution in [2.75, 3.05) is 6.54 Å². The normalized spacial score (nSPS) is 12.4. The second-order valence-corrected chi connectivity index (χ2v) is 5.52. The topological polar surface area (TPSA) is 12.0 Å². The molecule has 1 nitrogen and oxygen atoms in total. The van der Waals surface area contributed by atoms with Crippen LogP contribution in [-0.4, -0.2) is 6.54 Å². The number of halogens is 4. The Labute approximate surface area is 132 Å². The predicted molar refractivity (Wildman–Crippen MR) is 82.9 cm³/mol. The summed E-state index contributed by atoms with van der Waals surface area (Å²) in [6.07, 6.45) is 0.376. The van der Waals surface area contributed by atoms with Gasteiger partial charge in [-0.1, -0.05) is 48.3 Å². The fraction of sp³-hybridized carbons (Fsp3) is 0.250. The third-order valence-electron chi connectivity index (χ3n) is 3.25. The first kappa shape index (κ1) is 16.2. The predicted octanol–water partition coefficient (Wildman–Crippen LogP) is 5.16. The molecule has 0 amide bonds. The van der Waals surface area contributed by atoms with Crippen molar-refractivity contribution in [3.05, 3.63) is 69.2 Å². The van der Waals surface area contributed by atoms with Crippen molar-refractivity contribution in [3.8, 4) is 0 Å². The smallest absolute Gasteiger partial charge is 0.145 e. The second kappa shape index (κ2) is 7.21. The van der Waals surface area contributed by atoms with Gasteiger partial charge in [0.2, 0.25) is 0 Å². The van der Waals surface area contributed by atoms with E-state index in [1.54, 1.807) is 18.2 Å². The first-order chi connectivity index (χ1) is 10.0. The van der Waals surface area contributed by atoms with Crippen molar-refractivity contribution < 1.29 is 8.78 Å². The highest BCUT2D eigenvalue weighted by Crippen LogP contribution is 2.26. The molecule has 0 aliphatic rings. The molecule has 0 aliphatic carbocycles. The largest absolute Gasteiger partial charge is 0.310 e. The van der Waals surface area contributed by atoms with Gasteiger partial charge in [0, 0.05) is 6.04 Å². The van der Waals surface area contributed by atoms with Crippen LogP contribution in [0.5, 0.6) is 0 Å². The zero-order valence-electron chi connectivity index (χ0n) is 11.5. The van der Waals surface area contributed by atoms with E-state index < -0.39 is 11.6 Å². The monoisotopic (exact) mass is 329 g/mol. The Morgan fingerprint density at radius 1 is 1.10 bits per heavy atom. The molecular formula is C16H15Cl2F2N. The van der Waals surface area contributed by atoms with Crippen LogP contribution in [0, 0.1) is 11.6 Å². The maximum absolute atomic E-state index is 14.0. The van der Waals surface area contributed by atoms with Crippen LogP contribution in [0.3, 0.4) is 0 Å². The van der Waals surface area contributed by atoms with Crippen molar-refractivity contribution in [2.24, 2.45) is 0 Å². The summed E-state index contributed by atoms with van der Waals surface area (Å²) >= 11 is 11.5. The zero-order chi connectivity index (χ0) is 15.4. The third kappa shape index (κ3) is 3.94. The first-order valence-electron chi connectivity index (χ1n) is 6.64. The first-order valence-corrected chi connectivity index (χ1v) is 7.39. The van der Waals surface area contributed by atoms with Crippen LogP contribution in [0.1, 0.15) is 24.1 Å². The molecule has 21 heavy (non-hydrogen) atoms. The van der Waals surface area contributed by atoms with Crippen LogP contribution < -0.4 is 5.32 Å². The highest BCUT2D eigenvalue weighted by Gasteiger charge is 2.16. The van der Waals surface area contributed by atoms with Gasteiger partial charge in [0.1, 0.15) is 11.6 Å². The Bertz CT molecular complexity index is 632. The van der Waals surface area contributed by atoms with E-state index in [-0.39, 0.29) is 16.1 Å². The second-order valence-electron chi connectivity index (χ2n) is 4.70. The van der Waals surface area contributed by atoms with Gasteiger partial charge >= 0.3 is 0 Å². The van der Waals surface area contributed by atoms with Crippen LogP contribution in [0.4, 0.5) is 8.78 Å². The molecule has 2 aromatic carbocycles. The van der Waals surface area contributed by atoms with Crippen LogP contribution in [0.25, 0.3) is 0 Å². The quantitative estimate of drug-likeness (QED) is 0.798. The molecule has 0 saturated heterocycles. The minimum absolute atomic E-state index is 0.0722. The molecule has 5 heteroatoms. The molecule has 0 aromatic heterocycles. The summed E-state index contributed by atoms with van der Waals surface area (Å²) in [7, 11) is 0. The highest BCUT2D eigenvalue weighted by atomic mass is 35.5. The Balaban J connectivity index is 2.30. The molecule has 1 N–H and O–H groups in total. The average molecular weight is 330 g/mol. The summed E-state index contributed by atoms with van der Waals surface area (Å²) in [5.41, 5.74) is 1.21. The van der Waals surface area contributed by atoms with Crippen molar-refractivity contribution in [1.82, 2.24) is 5.32 Å². The van der Waals surface area contributed by atoms with E-state index in [1.165, 1.54) is 18.2 Å². The highest BCUT2D eigenvalue weighted by molar-refractivity contribution is 6.31. The molecule has 1 unspecified atom stereocenters. The van der Waals surface area contributed by atoms with Crippen LogP contribution in [-0.2, 0) is 6.42 Å². The van der Waals surface area contributed by atoms with Gasteiger partial charge in [0.25, 0.3) is 0 Å². The molecular weight excluding hydrogens is 315 g/mol. The lowest BCUT2D eigenvalue weighted by molar-refractivity contribution is 0.524. The number of benzene rings is 2. The van der Waals surface area contributed by atoms with E-state index >= 15 is 0 Å². The Morgan fingerprint density at radius 3 is 2.52 bits per heavy atom. The lowest BCUT2D eigenvalue weighted by Gasteiger charge is -2.19. The zero-order valence-corrected chi connectivity index (χ0v) is 13.0. The van der Waals surface area contributed by atoms with Crippen LogP contribution in [0.15, 0.2) is 36.4 Å². The molecule has 112 valence electrons. The van der Waals surface area contributed by atoms with Gasteiger partial charge in [0.05, 0.1) is 10.0 Å². The number of nitrogens with one attached hydrogen (secondary N) is 1. The molecule has 1 atom stereocenters. The maximum atomic E-state index is 14.0. The van der Waals surface area contributed by atoms with Crippen molar-refractivity contribution in [3.63, 3.8) is 0 Å². The van der Waals surface area contributed by atoms with Gasteiger partial charge in [-0.05, 0) is 42.3 Å². The molecule has 0 heterocycles. The van der Waals surface area contributed by atoms with Gasteiger partial charge in [-0.25, -0.2) is 8.78 Å². The number of hydrogen-bond donors (Lipinski definition) is 1. The fourth-order valence-electron chi connectivity index (χ4n) is 2.21. The molecule has 0 radical (unpaired) electrons. The molecule has 0 aliphatic heterocycles. The standard InChI is InChI=1S/C16H15Cl2F2N/c1-2-21-15(10-6-7-12(17)14(19)8-10)9-11-4-3-5-13(18)16(11)20/h3-8,15,21H,2,9H2,1H3. The Kier molecular flexibility index (Phi) is 5.57. The van der Waals surface area contributed by atoms with E-state index in [4.69, 9.17) is 23.2 Å². The van der Waals surface area contributed by atoms with E-state index in [2.05, 4.69) is 5.32 Å². The summed E-state index contributed by atoms with van der Waals surface area (Å²) in [5, 5.41) is 3.38. The average Bonchev–Trinajstić information content (AvgIpc) is 2.46. The molecule has 2 rings (SSSR count). The lowest BCUT2D eigenvalue weighted by atomic mass is 9.98. The maximum Gasteiger partial charge on any atom is 0.145 e. The van der Waals surface area contributed by atoms with Gasteiger partial charge in [-0.3, -0.25) is 0 Å². The lowest BCUT2D eigenvalue weighted by Crippen LogP contribution is -2.23. The van der Waals surface area contributed by atoms with Crippen molar-refractivity contribution >= 4 is 23.2 Å². The molecule has 0 spiro atoms. The molecule has 2 aromatic rings. The molecule has 0 fully saturated rings. The summed E-state index contributed by atoms with van der Waals surface area (Å²) < 4.78 is 27.6. The summed E-state index contributed by atoms with van der Waals surface area (Å²) in [4.78, 5) is 0. The number of rotatable bonds is 5. The number of likely N-dealkylation sites (N-methyl/N-ethyl adjacent to an activating group) is 1. The van der Waals surface area contributed by atoms with Gasteiger partial charge in [-0.15, -0.1) is 0 Å². The SMILES string of the molecule is CCNC(Cc1cccc(Cl)c1F)c1ccc(Cl)c(F)c1. The fourth-order valence-corrected chi connectivity index (χ4v) is 2.52. The van der Waals surface area contributed by atoms with Gasteiger partial charge < -0.3 is 5.32 Å². The summed E-state index contributed by atoms with van der Waals surface area (Å²) in [6.45, 7) is 2.62. The molecule has 0 bridgehead atoms. The van der Waals surface area contributed by atoms with Crippen LogP contribution >= 0.6 is 23.2 Å². The molecule has 0 saturated carbocycles. The van der Waals surface area contributed by atoms with E-state index in [1.807, 2.05) is 6.92 Å². The van der Waals surface area contributed by atoms with Crippen LogP contribution in [0.2, 0.25) is 10.0 Å². The van der Waals surface area contributed by atoms with Crippen molar-refractivity contribution in [2.45, 2.75) is 19.4 Å².